The maximum Gasteiger partial charge on any atom is 0.187 e. The fraction of sp³-hybridized carbons (Fsp3) is 0.974. The molecule has 302 valence electrons. The second-order valence-electron chi connectivity index (χ2n) is 18.6. The van der Waals surface area contributed by atoms with Gasteiger partial charge in [0.25, 0.3) is 0 Å². The molecule has 0 amide bonds. The fourth-order valence-corrected chi connectivity index (χ4v) is 12.9. The Morgan fingerprint density at radius 1 is 0.774 bits per heavy atom. The molecule has 4 saturated heterocycles. The van der Waals surface area contributed by atoms with Gasteiger partial charge in [-0.15, -0.1) is 0 Å². The van der Waals surface area contributed by atoms with Gasteiger partial charge in [0.15, 0.2) is 18.4 Å². The molecule has 0 aromatic carbocycles. The number of rotatable bonds is 6. The van der Waals surface area contributed by atoms with Crippen LogP contribution in [0.15, 0.2) is 0 Å². The van der Waals surface area contributed by atoms with E-state index in [4.69, 9.17) is 28.4 Å². The van der Waals surface area contributed by atoms with Crippen LogP contribution < -0.4 is 0 Å². The molecule has 53 heavy (non-hydrogen) atoms. The van der Waals surface area contributed by atoms with Crippen LogP contribution in [0.1, 0.15) is 85.5 Å². The van der Waals surface area contributed by atoms with E-state index in [1.807, 2.05) is 0 Å². The van der Waals surface area contributed by atoms with Crippen LogP contribution in [0.4, 0.5) is 0 Å². The van der Waals surface area contributed by atoms with E-state index < -0.39 is 85.8 Å². The molecule has 4 aliphatic heterocycles. The van der Waals surface area contributed by atoms with Gasteiger partial charge < -0.3 is 64.2 Å². The summed E-state index contributed by atoms with van der Waals surface area (Å²) in [6.45, 7) is 8.51. The van der Waals surface area contributed by atoms with Crippen LogP contribution in [0.25, 0.3) is 0 Å². The predicted octanol–water partition coefficient (Wildman–Crippen LogP) is 0.621. The molecule has 22 atom stereocenters. The first kappa shape index (κ1) is 39.0. The number of aliphatic hydroxyl groups excluding tert-OH is 7. The molecule has 1 spiro atoms. The smallest absolute Gasteiger partial charge is 0.187 e. The van der Waals surface area contributed by atoms with E-state index in [1.165, 1.54) is 0 Å². The largest absolute Gasteiger partial charge is 0.394 e. The molecule has 0 radical (unpaired) electrons. The molecule has 14 heteroatoms. The van der Waals surface area contributed by atoms with E-state index in [2.05, 4.69) is 27.7 Å². The molecular formula is C39H62O14. The van der Waals surface area contributed by atoms with Crippen molar-refractivity contribution in [1.82, 2.24) is 0 Å². The number of carbonyl (C=O) groups excluding carboxylic acids is 1. The lowest BCUT2D eigenvalue weighted by atomic mass is 9.44. The highest BCUT2D eigenvalue weighted by molar-refractivity contribution is 5.87. The van der Waals surface area contributed by atoms with E-state index in [1.54, 1.807) is 0 Å². The Morgan fingerprint density at radius 3 is 2.15 bits per heavy atom. The quantitative estimate of drug-likeness (QED) is 0.185. The van der Waals surface area contributed by atoms with Gasteiger partial charge in [-0.2, -0.15) is 0 Å². The molecule has 14 nitrogen and oxygen atoms in total. The zero-order valence-corrected chi connectivity index (χ0v) is 31.4. The Morgan fingerprint density at radius 2 is 1.47 bits per heavy atom. The van der Waals surface area contributed by atoms with Crippen molar-refractivity contribution in [2.24, 2.45) is 52.3 Å². The van der Waals surface area contributed by atoms with Crippen molar-refractivity contribution in [2.75, 3.05) is 19.8 Å². The number of ether oxygens (including phenoxy) is 6. The summed E-state index contributed by atoms with van der Waals surface area (Å²) in [4.78, 5) is 14.5. The lowest BCUT2D eigenvalue weighted by Crippen LogP contribution is -2.65. The minimum absolute atomic E-state index is 0.0440. The van der Waals surface area contributed by atoms with Crippen LogP contribution >= 0.6 is 0 Å². The van der Waals surface area contributed by atoms with Crippen molar-refractivity contribution < 1.29 is 69.0 Å². The van der Waals surface area contributed by atoms with Crippen LogP contribution in [0.5, 0.6) is 0 Å². The highest BCUT2D eigenvalue weighted by Gasteiger charge is 2.72. The number of hydrogen-bond donors (Lipinski definition) is 7. The van der Waals surface area contributed by atoms with Crippen LogP contribution in [-0.2, 0) is 33.2 Å². The number of Topliss-reactive ketones (excluding diaryl/α,β-unsaturated/α-hetero) is 1. The number of hydrogen-bond acceptors (Lipinski definition) is 14. The molecule has 4 aliphatic carbocycles. The second kappa shape index (κ2) is 14.2. The highest BCUT2D eigenvalue weighted by Crippen LogP contribution is 2.70. The number of carbonyl (C=O) groups is 1. The molecular weight excluding hydrogens is 692 g/mol. The van der Waals surface area contributed by atoms with E-state index in [0.29, 0.717) is 43.5 Å². The van der Waals surface area contributed by atoms with Gasteiger partial charge in [-0.25, -0.2) is 0 Å². The third kappa shape index (κ3) is 6.03. The third-order valence-corrected chi connectivity index (χ3v) is 16.0. The maximum atomic E-state index is 14.5. The Bertz CT molecular complexity index is 1340. The van der Waals surface area contributed by atoms with Gasteiger partial charge in [0.1, 0.15) is 54.6 Å². The molecule has 8 rings (SSSR count). The summed E-state index contributed by atoms with van der Waals surface area (Å²) in [7, 11) is 0. The molecule has 4 saturated carbocycles. The molecule has 7 N–H and O–H groups in total. The van der Waals surface area contributed by atoms with Crippen molar-refractivity contribution in [3.05, 3.63) is 0 Å². The predicted molar refractivity (Wildman–Crippen MR) is 183 cm³/mol. The minimum atomic E-state index is -1.75. The topological polar surface area (TPSA) is 214 Å². The maximum absolute atomic E-state index is 14.5. The Kier molecular flexibility index (Phi) is 10.5. The molecule has 0 aromatic rings. The lowest BCUT2D eigenvalue weighted by Gasteiger charge is -2.60. The zero-order valence-electron chi connectivity index (χ0n) is 31.4. The molecule has 4 heterocycles. The van der Waals surface area contributed by atoms with Crippen LogP contribution in [-0.4, -0.2) is 141 Å². The van der Waals surface area contributed by atoms with E-state index in [0.717, 1.165) is 38.5 Å². The summed E-state index contributed by atoms with van der Waals surface area (Å²) in [5, 5.41) is 72.9. The first-order chi connectivity index (χ1) is 25.2. The van der Waals surface area contributed by atoms with Crippen molar-refractivity contribution >= 4 is 5.78 Å². The van der Waals surface area contributed by atoms with Crippen molar-refractivity contribution in [1.29, 1.82) is 0 Å². The average molecular weight is 755 g/mol. The van der Waals surface area contributed by atoms with Gasteiger partial charge in [-0.3, -0.25) is 4.79 Å². The van der Waals surface area contributed by atoms with E-state index >= 15 is 0 Å². The summed E-state index contributed by atoms with van der Waals surface area (Å²) >= 11 is 0. The first-order valence-electron chi connectivity index (χ1n) is 20.3. The first-order valence-corrected chi connectivity index (χ1v) is 20.3. The van der Waals surface area contributed by atoms with Gasteiger partial charge in [-0.05, 0) is 80.0 Å². The number of fused-ring (bicyclic) bond motifs is 7. The summed E-state index contributed by atoms with van der Waals surface area (Å²) in [5.74, 6) is 1.96. The standard InChI is InChI=1S/C39H62O14/c1-17-7-10-39(48-16-17)18(2)28-24(53-39)12-23-21-6-5-19-11-20(8-9-37(19,3)22(21)13-27(42)38(23,28)4)49-36-33(47)34(30(44)26(15-41)51-36)52-35-32(46)31(45)29(43)25(14-40)50-35/h17-26,28-36,40-41,43-47H,5-16H2,1-4H3. The van der Waals surface area contributed by atoms with Crippen LogP contribution in [0.2, 0.25) is 0 Å². The van der Waals surface area contributed by atoms with Crippen molar-refractivity contribution in [3.8, 4) is 0 Å². The SMILES string of the molecule is CC1CCC2(OC1)OC1CC3C4CCC5CC(OC6OC(CO)C(O)C(OC7OC(CO)C(O)C(O)C7O)C6O)CCC5(C)C4CC(=O)C3(C)C1C2C. The van der Waals surface area contributed by atoms with Crippen LogP contribution in [0.3, 0.4) is 0 Å². The summed E-state index contributed by atoms with van der Waals surface area (Å²) in [6, 6.07) is 0. The van der Waals surface area contributed by atoms with Crippen LogP contribution in [0, 0.1) is 52.3 Å². The molecule has 8 fully saturated rings. The van der Waals surface area contributed by atoms with Gasteiger partial charge in [0, 0.05) is 30.1 Å². The van der Waals surface area contributed by atoms with Gasteiger partial charge >= 0.3 is 0 Å². The Hall–Kier alpha value is -0.850. The highest BCUT2D eigenvalue weighted by atomic mass is 16.7. The van der Waals surface area contributed by atoms with Crippen molar-refractivity contribution in [3.63, 3.8) is 0 Å². The summed E-state index contributed by atoms with van der Waals surface area (Å²) in [5.41, 5.74) is -0.473. The zero-order chi connectivity index (χ0) is 37.8. The number of ketones is 1. The monoisotopic (exact) mass is 754 g/mol. The lowest BCUT2D eigenvalue weighted by molar-refractivity contribution is -0.365. The minimum Gasteiger partial charge on any atom is -0.394 e. The van der Waals surface area contributed by atoms with Crippen molar-refractivity contribution in [2.45, 2.75) is 165 Å². The summed E-state index contributed by atoms with van der Waals surface area (Å²) in [6.07, 6.45) is -7.49. The Balaban J connectivity index is 0.934. The van der Waals surface area contributed by atoms with E-state index in [-0.39, 0.29) is 47.2 Å². The fourth-order valence-electron chi connectivity index (χ4n) is 12.9. The molecule has 0 aromatic heterocycles. The Labute approximate surface area is 311 Å². The third-order valence-electron chi connectivity index (χ3n) is 16.0. The van der Waals surface area contributed by atoms with Gasteiger partial charge in [-0.1, -0.05) is 27.7 Å². The molecule has 8 aliphatic rings. The second-order valence-corrected chi connectivity index (χ2v) is 18.6. The normalized spacial score (nSPS) is 58.2. The molecule has 0 bridgehead atoms. The summed E-state index contributed by atoms with van der Waals surface area (Å²) < 4.78 is 36.8. The van der Waals surface area contributed by atoms with E-state index in [9.17, 15) is 40.5 Å². The van der Waals surface area contributed by atoms with Gasteiger partial charge in [0.2, 0.25) is 0 Å². The van der Waals surface area contributed by atoms with Gasteiger partial charge in [0.05, 0.1) is 32.0 Å². The average Bonchev–Trinajstić information content (AvgIpc) is 3.59. The number of aliphatic hydroxyl groups is 7. The molecule has 22 unspecified atom stereocenters.